The van der Waals surface area contributed by atoms with Gasteiger partial charge in [0.2, 0.25) is 5.06 Å². The van der Waals surface area contributed by atoms with Gasteiger partial charge in [0.05, 0.1) is 0 Å². The minimum absolute atomic E-state index is 0.103. The maximum atomic E-state index is 11.1. The number of ketones is 1. The van der Waals surface area contributed by atoms with Gasteiger partial charge in [-0.15, -0.1) is 0 Å². The van der Waals surface area contributed by atoms with E-state index >= 15 is 0 Å². The molecule has 2 unspecified atom stereocenters. The fraction of sp³-hybridized carbons (Fsp3) is 0.375. The summed E-state index contributed by atoms with van der Waals surface area (Å²) in [5.74, 6) is -0.103. The highest BCUT2D eigenvalue weighted by atomic mass is 35.5. The van der Waals surface area contributed by atoms with E-state index in [1.54, 1.807) is 12.2 Å². The van der Waals surface area contributed by atoms with Crippen LogP contribution in [0.3, 0.4) is 0 Å². The Labute approximate surface area is 79.8 Å². The van der Waals surface area contributed by atoms with Crippen LogP contribution in [0.15, 0.2) is 23.3 Å². The van der Waals surface area contributed by atoms with E-state index in [2.05, 4.69) is 0 Å². The van der Waals surface area contributed by atoms with Gasteiger partial charge in [0.25, 0.3) is 0 Å². The molecule has 0 aromatic heterocycles. The van der Waals surface area contributed by atoms with Crippen molar-refractivity contribution in [3.8, 4) is 0 Å². The second-order valence-electron chi connectivity index (χ2n) is 2.90. The van der Waals surface area contributed by atoms with Crippen molar-refractivity contribution in [2.75, 3.05) is 0 Å². The number of ether oxygens (including phenoxy) is 1. The molecule has 0 N–H and O–H groups in total. The molecule has 0 spiro atoms. The Morgan fingerprint density at radius 2 is 2.33 bits per heavy atom. The number of epoxide rings is 1. The number of hydrogen-bond acceptors (Lipinski definition) is 2. The Morgan fingerprint density at radius 3 is 2.83 bits per heavy atom. The van der Waals surface area contributed by atoms with E-state index in [0.29, 0.717) is 5.03 Å². The molecule has 64 valence electrons. The molecule has 1 saturated heterocycles. The molecule has 2 atom stereocenters. The van der Waals surface area contributed by atoms with Gasteiger partial charge in [-0.05, 0) is 25.2 Å². The first-order valence-corrected chi connectivity index (χ1v) is 4.23. The average Bonchev–Trinajstić information content (AvgIpc) is 2.55. The zero-order valence-electron chi connectivity index (χ0n) is 6.30. The molecule has 12 heavy (non-hydrogen) atoms. The lowest BCUT2D eigenvalue weighted by Crippen LogP contribution is -2.27. The van der Waals surface area contributed by atoms with E-state index in [4.69, 9.17) is 27.9 Å². The Hall–Kier alpha value is -0.310. The van der Waals surface area contributed by atoms with Crippen LogP contribution in [0.1, 0.15) is 6.92 Å². The lowest BCUT2D eigenvalue weighted by molar-refractivity contribution is -0.120. The number of alkyl halides is 1. The fourth-order valence-electron chi connectivity index (χ4n) is 1.34. The Bertz CT molecular complexity index is 321. The second-order valence-corrected chi connectivity index (χ2v) is 3.90. The maximum Gasteiger partial charge on any atom is 0.203 e. The Balaban J connectivity index is 2.41. The summed E-state index contributed by atoms with van der Waals surface area (Å²) in [4.78, 5) is 11.1. The van der Waals surface area contributed by atoms with Gasteiger partial charge in [0, 0.05) is 5.03 Å². The molecule has 0 saturated carbocycles. The molecular formula is C8H6Cl2O2. The minimum Gasteiger partial charge on any atom is -0.329 e. The molecule has 0 aromatic rings. The smallest absolute Gasteiger partial charge is 0.203 e. The van der Waals surface area contributed by atoms with Crippen molar-refractivity contribution < 1.29 is 9.53 Å². The summed E-state index contributed by atoms with van der Waals surface area (Å²) in [6, 6.07) is 0. The topological polar surface area (TPSA) is 29.6 Å². The number of rotatable bonds is 1. The fourth-order valence-corrected chi connectivity index (χ4v) is 2.05. The van der Waals surface area contributed by atoms with E-state index in [-0.39, 0.29) is 5.78 Å². The number of halogens is 2. The van der Waals surface area contributed by atoms with E-state index in [9.17, 15) is 4.79 Å². The van der Waals surface area contributed by atoms with Crippen LogP contribution in [-0.4, -0.2) is 16.4 Å². The van der Waals surface area contributed by atoms with Crippen LogP contribution in [0.25, 0.3) is 0 Å². The minimum atomic E-state index is -1.02. The summed E-state index contributed by atoms with van der Waals surface area (Å²) in [6.45, 7) is 1.45. The predicted molar refractivity (Wildman–Crippen MR) is 46.2 cm³/mol. The lowest BCUT2D eigenvalue weighted by Gasteiger charge is -2.08. The van der Waals surface area contributed by atoms with Gasteiger partial charge in [-0.3, -0.25) is 4.79 Å². The maximum absolute atomic E-state index is 11.1. The normalized spacial score (nSPS) is 43.4. The zero-order chi connectivity index (χ0) is 8.98. The van der Waals surface area contributed by atoms with Crippen molar-refractivity contribution >= 4 is 29.0 Å². The van der Waals surface area contributed by atoms with Gasteiger partial charge in [-0.1, -0.05) is 23.2 Å². The third-order valence-corrected chi connectivity index (χ3v) is 2.80. The lowest BCUT2D eigenvalue weighted by atomic mass is 9.96. The van der Waals surface area contributed by atoms with Crippen molar-refractivity contribution in [2.45, 2.75) is 17.6 Å². The third-order valence-electron chi connectivity index (χ3n) is 2.10. The first kappa shape index (κ1) is 8.30. The number of fused-ring (bicyclic) bond motifs is 1. The van der Waals surface area contributed by atoms with Crippen molar-refractivity contribution in [1.29, 1.82) is 0 Å². The summed E-state index contributed by atoms with van der Waals surface area (Å²) >= 11 is 11.6. The summed E-state index contributed by atoms with van der Waals surface area (Å²) in [5.41, 5.74) is -0.951. The molecule has 0 amide bonds. The van der Waals surface area contributed by atoms with Crippen molar-refractivity contribution in [3.63, 3.8) is 0 Å². The summed E-state index contributed by atoms with van der Waals surface area (Å²) in [7, 11) is 0. The highest BCUT2D eigenvalue weighted by molar-refractivity contribution is 6.35. The average molecular weight is 205 g/mol. The van der Waals surface area contributed by atoms with E-state index in [1.165, 1.54) is 13.0 Å². The molecule has 2 aliphatic rings. The summed E-state index contributed by atoms with van der Waals surface area (Å²) in [6.07, 6.45) is 4.76. The zero-order valence-corrected chi connectivity index (χ0v) is 7.82. The van der Waals surface area contributed by atoms with Gasteiger partial charge >= 0.3 is 0 Å². The molecule has 0 bridgehead atoms. The van der Waals surface area contributed by atoms with Crippen LogP contribution in [0.4, 0.5) is 0 Å². The molecule has 2 nitrogen and oxygen atoms in total. The monoisotopic (exact) mass is 204 g/mol. The molecule has 4 heteroatoms. The van der Waals surface area contributed by atoms with Crippen molar-refractivity contribution in [3.05, 3.63) is 23.3 Å². The van der Waals surface area contributed by atoms with Gasteiger partial charge in [0.1, 0.15) is 0 Å². The molecule has 1 heterocycles. The second kappa shape index (κ2) is 2.13. The number of allylic oxidation sites excluding steroid dienone is 2. The van der Waals surface area contributed by atoms with E-state index in [0.717, 1.165) is 0 Å². The third kappa shape index (κ3) is 0.830. The van der Waals surface area contributed by atoms with Crippen molar-refractivity contribution in [2.24, 2.45) is 0 Å². The van der Waals surface area contributed by atoms with Crippen LogP contribution in [0, 0.1) is 0 Å². The first-order chi connectivity index (χ1) is 5.50. The van der Waals surface area contributed by atoms with Gasteiger partial charge in [-0.2, -0.15) is 0 Å². The molecule has 0 aromatic carbocycles. The quantitative estimate of drug-likeness (QED) is 0.483. The number of carbonyl (C=O) groups is 1. The van der Waals surface area contributed by atoms with Gasteiger partial charge < -0.3 is 4.74 Å². The van der Waals surface area contributed by atoms with Gasteiger partial charge in [-0.25, -0.2) is 0 Å². The van der Waals surface area contributed by atoms with Crippen LogP contribution in [-0.2, 0) is 9.53 Å². The highest BCUT2D eigenvalue weighted by Crippen LogP contribution is 2.56. The first-order valence-electron chi connectivity index (χ1n) is 3.48. The SMILES string of the molecule is CC(=O)C12C=CC(Cl)=CC1(Cl)O2. The summed E-state index contributed by atoms with van der Waals surface area (Å²) < 4.78 is 5.15. The largest absolute Gasteiger partial charge is 0.329 e. The molecule has 2 rings (SSSR count). The number of carbonyl (C=O) groups excluding carboxylic acids is 1. The Kier molecular flexibility index (Phi) is 1.47. The van der Waals surface area contributed by atoms with Crippen LogP contribution in [0.5, 0.6) is 0 Å². The highest BCUT2D eigenvalue weighted by Gasteiger charge is 2.71. The molecule has 1 aliphatic carbocycles. The predicted octanol–water partition coefficient (Wildman–Crippen LogP) is 1.97. The molecule has 1 aliphatic heterocycles. The Morgan fingerprint density at radius 1 is 1.67 bits per heavy atom. The van der Waals surface area contributed by atoms with Gasteiger partial charge in [0.15, 0.2) is 11.4 Å². The number of hydrogen-bond donors (Lipinski definition) is 0. The van der Waals surface area contributed by atoms with Crippen LogP contribution < -0.4 is 0 Å². The van der Waals surface area contributed by atoms with Crippen LogP contribution in [0.2, 0.25) is 0 Å². The standard InChI is InChI=1S/C8H6Cl2O2/c1-5(11)7-3-2-6(9)4-8(7,10)12-7/h2-4H,1H3. The van der Waals surface area contributed by atoms with E-state index in [1.807, 2.05) is 0 Å². The molecular weight excluding hydrogens is 199 g/mol. The molecule has 1 fully saturated rings. The van der Waals surface area contributed by atoms with Crippen molar-refractivity contribution in [1.82, 2.24) is 0 Å². The van der Waals surface area contributed by atoms with Crippen LogP contribution >= 0.6 is 23.2 Å². The molecule has 0 radical (unpaired) electrons. The van der Waals surface area contributed by atoms with E-state index < -0.39 is 10.7 Å². The summed E-state index contributed by atoms with van der Waals surface area (Å²) in [5, 5.41) is -0.524. The number of Topliss-reactive ketones (excluding diaryl/α,β-unsaturated/α-hetero) is 1.